The number of methoxy groups -OCH3 is 1. The highest BCUT2D eigenvalue weighted by molar-refractivity contribution is 5.87. The molecule has 2 aromatic heterocycles. The zero-order chi connectivity index (χ0) is 17.9. The van der Waals surface area contributed by atoms with E-state index < -0.39 is 0 Å². The van der Waals surface area contributed by atoms with Crippen LogP contribution in [-0.4, -0.2) is 40.8 Å². The van der Waals surface area contributed by atoms with Gasteiger partial charge in [-0.2, -0.15) is 4.98 Å². The van der Waals surface area contributed by atoms with Crippen LogP contribution in [0.2, 0.25) is 0 Å². The van der Waals surface area contributed by atoms with E-state index in [0.29, 0.717) is 18.3 Å². The molecule has 4 rings (SSSR count). The maximum atomic E-state index is 5.59. The Kier molecular flexibility index (Phi) is 4.81. The van der Waals surface area contributed by atoms with Crippen molar-refractivity contribution in [3.8, 4) is 5.75 Å². The van der Waals surface area contributed by atoms with Gasteiger partial charge in [-0.3, -0.25) is 9.88 Å². The van der Waals surface area contributed by atoms with E-state index in [1.807, 2.05) is 19.2 Å². The SMILES string of the molecule is COc1ccc(CN(C)Cc2noc([C@H]3CCCO3)n2)c2cccnc12. The number of hydrogen-bond acceptors (Lipinski definition) is 7. The van der Waals surface area contributed by atoms with Gasteiger partial charge in [0.1, 0.15) is 17.4 Å². The highest BCUT2D eigenvalue weighted by atomic mass is 16.5. The van der Waals surface area contributed by atoms with Gasteiger partial charge in [0.2, 0.25) is 0 Å². The van der Waals surface area contributed by atoms with E-state index in [2.05, 4.69) is 32.2 Å². The van der Waals surface area contributed by atoms with Gasteiger partial charge in [-0.1, -0.05) is 17.3 Å². The van der Waals surface area contributed by atoms with Crippen LogP contribution < -0.4 is 4.74 Å². The molecule has 1 atom stereocenters. The van der Waals surface area contributed by atoms with Crippen LogP contribution in [0.15, 0.2) is 35.0 Å². The van der Waals surface area contributed by atoms with Gasteiger partial charge in [0.05, 0.1) is 13.7 Å². The van der Waals surface area contributed by atoms with Gasteiger partial charge >= 0.3 is 0 Å². The topological polar surface area (TPSA) is 73.5 Å². The molecule has 7 nitrogen and oxygen atoms in total. The Morgan fingerprint density at radius 1 is 1.27 bits per heavy atom. The lowest BCUT2D eigenvalue weighted by atomic mass is 10.1. The summed E-state index contributed by atoms with van der Waals surface area (Å²) in [5.74, 6) is 2.05. The number of nitrogens with zero attached hydrogens (tertiary/aromatic N) is 4. The van der Waals surface area contributed by atoms with Crippen LogP contribution in [0.25, 0.3) is 10.9 Å². The van der Waals surface area contributed by atoms with Crippen molar-refractivity contribution in [1.29, 1.82) is 0 Å². The predicted octanol–water partition coefficient (Wildman–Crippen LogP) is 3.11. The fraction of sp³-hybridized carbons (Fsp3) is 0.421. The van der Waals surface area contributed by atoms with E-state index in [-0.39, 0.29) is 6.10 Å². The molecular weight excluding hydrogens is 332 g/mol. The molecule has 3 aromatic rings. The van der Waals surface area contributed by atoms with Gasteiger partial charge in [0.25, 0.3) is 5.89 Å². The number of benzene rings is 1. The third-order valence-corrected chi connectivity index (χ3v) is 4.58. The second-order valence-electron chi connectivity index (χ2n) is 6.55. The molecule has 1 fully saturated rings. The predicted molar refractivity (Wildman–Crippen MR) is 95.7 cm³/mol. The highest BCUT2D eigenvalue weighted by Gasteiger charge is 2.24. The Balaban J connectivity index is 1.48. The minimum atomic E-state index is -0.0434. The summed E-state index contributed by atoms with van der Waals surface area (Å²) < 4.78 is 16.4. The zero-order valence-corrected chi connectivity index (χ0v) is 15.0. The first-order valence-corrected chi connectivity index (χ1v) is 8.78. The molecule has 1 aliphatic heterocycles. The largest absolute Gasteiger partial charge is 0.494 e. The molecule has 136 valence electrons. The minimum absolute atomic E-state index is 0.0434. The third kappa shape index (κ3) is 3.40. The Morgan fingerprint density at radius 2 is 2.19 bits per heavy atom. The van der Waals surface area contributed by atoms with Crippen LogP contribution in [0.3, 0.4) is 0 Å². The molecule has 0 unspecified atom stereocenters. The third-order valence-electron chi connectivity index (χ3n) is 4.58. The van der Waals surface area contributed by atoms with Crippen LogP contribution >= 0.6 is 0 Å². The van der Waals surface area contributed by atoms with E-state index >= 15 is 0 Å². The molecule has 0 amide bonds. The van der Waals surface area contributed by atoms with E-state index in [0.717, 1.165) is 42.6 Å². The quantitative estimate of drug-likeness (QED) is 0.673. The van der Waals surface area contributed by atoms with Crippen molar-refractivity contribution in [2.45, 2.75) is 32.0 Å². The van der Waals surface area contributed by atoms with Crippen molar-refractivity contribution in [3.63, 3.8) is 0 Å². The van der Waals surface area contributed by atoms with E-state index in [1.54, 1.807) is 13.3 Å². The number of fused-ring (bicyclic) bond motifs is 1. The Bertz CT molecular complexity index is 889. The molecule has 26 heavy (non-hydrogen) atoms. The van der Waals surface area contributed by atoms with Gasteiger partial charge in [0, 0.05) is 24.7 Å². The van der Waals surface area contributed by atoms with E-state index in [1.165, 1.54) is 5.56 Å². The first kappa shape index (κ1) is 16.9. The average Bonchev–Trinajstić information content (AvgIpc) is 3.33. The molecule has 1 aromatic carbocycles. The summed E-state index contributed by atoms with van der Waals surface area (Å²) in [7, 11) is 3.70. The Morgan fingerprint density at radius 3 is 3.00 bits per heavy atom. The lowest BCUT2D eigenvalue weighted by Gasteiger charge is -2.16. The normalized spacial score (nSPS) is 17.3. The van der Waals surface area contributed by atoms with Crippen LogP contribution in [0, 0.1) is 0 Å². The second-order valence-corrected chi connectivity index (χ2v) is 6.55. The zero-order valence-electron chi connectivity index (χ0n) is 15.0. The molecule has 1 aliphatic rings. The fourth-order valence-electron chi connectivity index (χ4n) is 3.33. The molecule has 0 N–H and O–H groups in total. The number of pyridine rings is 1. The van der Waals surface area contributed by atoms with E-state index in [9.17, 15) is 0 Å². The molecule has 0 spiro atoms. The number of rotatable bonds is 6. The van der Waals surface area contributed by atoms with Crippen molar-refractivity contribution in [2.24, 2.45) is 0 Å². The van der Waals surface area contributed by atoms with Crippen LogP contribution in [-0.2, 0) is 17.8 Å². The Labute approximate surface area is 151 Å². The van der Waals surface area contributed by atoms with Gasteiger partial charge < -0.3 is 14.0 Å². The molecule has 0 radical (unpaired) electrons. The summed E-state index contributed by atoms with van der Waals surface area (Å²) in [4.78, 5) is 11.1. The second kappa shape index (κ2) is 7.39. The minimum Gasteiger partial charge on any atom is -0.494 e. The number of ether oxygens (including phenoxy) is 2. The van der Waals surface area contributed by atoms with Crippen molar-refractivity contribution < 1.29 is 14.0 Å². The van der Waals surface area contributed by atoms with Crippen LogP contribution in [0.1, 0.15) is 36.2 Å². The summed E-state index contributed by atoms with van der Waals surface area (Å²) in [5.41, 5.74) is 2.06. The molecule has 0 saturated carbocycles. The van der Waals surface area contributed by atoms with Gasteiger partial charge in [-0.25, -0.2) is 0 Å². The van der Waals surface area contributed by atoms with Crippen molar-refractivity contribution in [2.75, 3.05) is 20.8 Å². The van der Waals surface area contributed by atoms with Gasteiger partial charge in [-0.15, -0.1) is 0 Å². The molecule has 7 heteroatoms. The molecule has 1 saturated heterocycles. The molecular formula is C19H22N4O3. The summed E-state index contributed by atoms with van der Waals surface area (Å²) in [6.45, 7) is 2.11. The lowest BCUT2D eigenvalue weighted by Crippen LogP contribution is -2.18. The smallest absolute Gasteiger partial charge is 0.255 e. The molecule has 3 heterocycles. The first-order chi connectivity index (χ1) is 12.7. The standard InChI is InChI=1S/C19H22N4O3/c1-23(12-17-21-19(26-22-17)16-6-4-10-25-16)11-13-7-8-15(24-2)18-14(13)5-3-9-20-18/h3,5,7-9,16H,4,6,10-12H2,1-2H3/t16-/m1/s1. The number of hydrogen-bond donors (Lipinski definition) is 0. The summed E-state index contributed by atoms with van der Waals surface area (Å²) in [6, 6.07) is 8.05. The average molecular weight is 354 g/mol. The fourth-order valence-corrected chi connectivity index (χ4v) is 3.33. The highest BCUT2D eigenvalue weighted by Crippen LogP contribution is 2.28. The maximum absolute atomic E-state index is 5.59. The van der Waals surface area contributed by atoms with Crippen molar-refractivity contribution >= 4 is 10.9 Å². The van der Waals surface area contributed by atoms with Crippen molar-refractivity contribution in [1.82, 2.24) is 20.0 Å². The summed E-state index contributed by atoms with van der Waals surface area (Å²) in [6.07, 6.45) is 3.73. The maximum Gasteiger partial charge on any atom is 0.255 e. The van der Waals surface area contributed by atoms with Gasteiger partial charge in [-0.05, 0) is 37.6 Å². The van der Waals surface area contributed by atoms with E-state index in [4.69, 9.17) is 14.0 Å². The Hall–Kier alpha value is -2.51. The summed E-state index contributed by atoms with van der Waals surface area (Å²) in [5, 5.41) is 5.18. The first-order valence-electron chi connectivity index (χ1n) is 8.78. The lowest BCUT2D eigenvalue weighted by molar-refractivity contribution is 0.0835. The molecule has 0 aliphatic carbocycles. The molecule has 0 bridgehead atoms. The monoisotopic (exact) mass is 354 g/mol. The van der Waals surface area contributed by atoms with Crippen molar-refractivity contribution in [3.05, 3.63) is 47.7 Å². The summed E-state index contributed by atoms with van der Waals surface area (Å²) >= 11 is 0. The van der Waals surface area contributed by atoms with Crippen LogP contribution in [0.5, 0.6) is 5.75 Å². The number of aromatic nitrogens is 3. The van der Waals surface area contributed by atoms with Crippen LogP contribution in [0.4, 0.5) is 0 Å². The van der Waals surface area contributed by atoms with Gasteiger partial charge in [0.15, 0.2) is 5.82 Å².